The van der Waals surface area contributed by atoms with E-state index in [1.807, 2.05) is 42.5 Å². The fourth-order valence-corrected chi connectivity index (χ4v) is 2.59. The molecule has 0 saturated carbocycles. The molecule has 0 spiro atoms. The molecule has 0 aromatic heterocycles. The molecule has 0 saturated heterocycles. The Bertz CT molecular complexity index is 669. The molecule has 0 atom stereocenters. The quantitative estimate of drug-likeness (QED) is 0.631. The van der Waals surface area contributed by atoms with Crippen LogP contribution in [0.1, 0.15) is 0 Å². The van der Waals surface area contributed by atoms with Gasteiger partial charge in [0.25, 0.3) is 0 Å². The molecule has 0 aliphatic carbocycles. The van der Waals surface area contributed by atoms with Crippen molar-refractivity contribution in [3.05, 3.63) is 67.3 Å². The number of amides is 3. The Labute approximate surface area is 140 Å². The lowest BCUT2D eigenvalue weighted by Crippen LogP contribution is -2.40. The number of rotatable bonds is 6. The fraction of sp³-hybridized carbons (Fsp3) is 0.111. The van der Waals surface area contributed by atoms with Crippen molar-refractivity contribution in [3.8, 4) is 11.1 Å². The van der Waals surface area contributed by atoms with E-state index in [0.29, 0.717) is 6.54 Å². The van der Waals surface area contributed by atoms with Crippen LogP contribution >= 0.6 is 11.8 Å². The maximum atomic E-state index is 11.7. The Morgan fingerprint density at radius 2 is 1.65 bits per heavy atom. The molecule has 0 aliphatic rings. The van der Waals surface area contributed by atoms with Gasteiger partial charge in [-0.25, -0.2) is 4.79 Å². The molecule has 118 valence electrons. The van der Waals surface area contributed by atoms with Gasteiger partial charge in [0.05, 0.1) is 5.75 Å². The summed E-state index contributed by atoms with van der Waals surface area (Å²) >= 11 is 1.39. The van der Waals surface area contributed by atoms with Crippen molar-refractivity contribution in [2.75, 3.05) is 12.3 Å². The minimum atomic E-state index is -0.505. The summed E-state index contributed by atoms with van der Waals surface area (Å²) in [6.45, 7) is 3.81. The summed E-state index contributed by atoms with van der Waals surface area (Å²) in [4.78, 5) is 24.0. The lowest BCUT2D eigenvalue weighted by molar-refractivity contribution is -0.117. The first-order valence-electron chi connectivity index (χ1n) is 7.16. The largest absolute Gasteiger partial charge is 0.334 e. The number of urea groups is 1. The molecule has 5 heteroatoms. The number of carbonyl (C=O) groups is 2. The van der Waals surface area contributed by atoms with E-state index in [2.05, 4.69) is 29.3 Å². The van der Waals surface area contributed by atoms with E-state index in [1.54, 1.807) is 6.08 Å². The van der Waals surface area contributed by atoms with Crippen LogP contribution in [0.2, 0.25) is 0 Å². The van der Waals surface area contributed by atoms with Crippen molar-refractivity contribution in [3.63, 3.8) is 0 Å². The maximum Gasteiger partial charge on any atom is 0.321 e. The van der Waals surface area contributed by atoms with Gasteiger partial charge in [0.2, 0.25) is 5.91 Å². The minimum absolute atomic E-state index is 0.187. The molecule has 4 nitrogen and oxygen atoms in total. The maximum absolute atomic E-state index is 11.7. The van der Waals surface area contributed by atoms with Gasteiger partial charge in [0, 0.05) is 11.4 Å². The zero-order valence-corrected chi connectivity index (χ0v) is 13.4. The van der Waals surface area contributed by atoms with Crippen molar-refractivity contribution in [2.45, 2.75) is 4.90 Å². The van der Waals surface area contributed by atoms with Crippen LogP contribution in [0.25, 0.3) is 11.1 Å². The normalized spacial score (nSPS) is 9.91. The molecule has 2 N–H and O–H groups in total. The summed E-state index contributed by atoms with van der Waals surface area (Å²) in [7, 11) is 0. The molecule has 23 heavy (non-hydrogen) atoms. The monoisotopic (exact) mass is 326 g/mol. The van der Waals surface area contributed by atoms with Gasteiger partial charge in [-0.1, -0.05) is 48.5 Å². The highest BCUT2D eigenvalue weighted by Crippen LogP contribution is 2.23. The zero-order valence-electron chi connectivity index (χ0n) is 12.6. The molecular formula is C18H18N2O2S. The van der Waals surface area contributed by atoms with Gasteiger partial charge in [0.15, 0.2) is 0 Å². The van der Waals surface area contributed by atoms with Gasteiger partial charge in [0.1, 0.15) is 0 Å². The molecule has 2 aromatic rings. The number of hydrogen-bond donors (Lipinski definition) is 2. The van der Waals surface area contributed by atoms with Gasteiger partial charge >= 0.3 is 6.03 Å². The van der Waals surface area contributed by atoms with Crippen molar-refractivity contribution < 1.29 is 9.59 Å². The standard InChI is InChI=1S/C18H18N2O2S/c1-2-12-19-18(22)20-17(21)13-23-16-10-8-15(9-11-16)14-6-4-3-5-7-14/h2-11H,1,12-13H2,(H2,19,20,21,22). The number of carbonyl (C=O) groups excluding carboxylic acids is 2. The molecule has 2 rings (SSSR count). The third kappa shape index (κ3) is 5.64. The fourth-order valence-electron chi connectivity index (χ4n) is 1.89. The summed E-state index contributed by atoms with van der Waals surface area (Å²) in [5, 5.41) is 4.75. The van der Waals surface area contributed by atoms with Gasteiger partial charge in [-0.3, -0.25) is 10.1 Å². The minimum Gasteiger partial charge on any atom is -0.334 e. The Morgan fingerprint density at radius 3 is 2.30 bits per heavy atom. The molecule has 3 amide bonds. The van der Waals surface area contributed by atoms with Crippen LogP contribution in [0.5, 0.6) is 0 Å². The number of thioether (sulfide) groups is 1. The highest BCUT2D eigenvalue weighted by atomic mass is 32.2. The molecule has 0 radical (unpaired) electrons. The lowest BCUT2D eigenvalue weighted by Gasteiger charge is -2.06. The van der Waals surface area contributed by atoms with Gasteiger partial charge in [-0.05, 0) is 23.3 Å². The molecule has 0 bridgehead atoms. The SMILES string of the molecule is C=CCNC(=O)NC(=O)CSc1ccc(-c2ccccc2)cc1. The van der Waals surface area contributed by atoms with E-state index in [1.165, 1.54) is 11.8 Å². The number of nitrogens with one attached hydrogen (secondary N) is 2. The Kier molecular flexibility index (Phi) is 6.44. The van der Waals surface area contributed by atoms with Crippen LogP contribution in [0.4, 0.5) is 4.79 Å². The van der Waals surface area contributed by atoms with E-state index in [4.69, 9.17) is 0 Å². The van der Waals surface area contributed by atoms with Crippen molar-refractivity contribution in [2.24, 2.45) is 0 Å². The van der Waals surface area contributed by atoms with Crippen molar-refractivity contribution in [1.82, 2.24) is 10.6 Å². The third-order valence-corrected chi connectivity index (χ3v) is 4.00. The molecule has 2 aromatic carbocycles. The van der Waals surface area contributed by atoms with Gasteiger partial charge in [-0.15, -0.1) is 18.3 Å². The second kappa shape index (κ2) is 8.80. The Hall–Kier alpha value is -2.53. The van der Waals surface area contributed by atoms with Gasteiger partial charge in [-0.2, -0.15) is 0 Å². The molecular weight excluding hydrogens is 308 g/mol. The first-order valence-corrected chi connectivity index (χ1v) is 8.14. The van der Waals surface area contributed by atoms with Crippen LogP contribution < -0.4 is 10.6 Å². The van der Waals surface area contributed by atoms with E-state index in [0.717, 1.165) is 16.0 Å². The van der Waals surface area contributed by atoms with Crippen LogP contribution in [0, 0.1) is 0 Å². The van der Waals surface area contributed by atoms with Crippen LogP contribution in [0.3, 0.4) is 0 Å². The van der Waals surface area contributed by atoms with E-state index < -0.39 is 6.03 Å². The van der Waals surface area contributed by atoms with Crippen LogP contribution in [0.15, 0.2) is 72.1 Å². The highest BCUT2D eigenvalue weighted by Gasteiger charge is 2.07. The first-order chi connectivity index (χ1) is 11.2. The van der Waals surface area contributed by atoms with Gasteiger partial charge < -0.3 is 5.32 Å². The Balaban J connectivity index is 1.83. The zero-order chi connectivity index (χ0) is 16.5. The highest BCUT2D eigenvalue weighted by molar-refractivity contribution is 8.00. The molecule has 0 unspecified atom stereocenters. The average molecular weight is 326 g/mol. The molecule has 0 fully saturated rings. The first kappa shape index (κ1) is 16.8. The molecule has 0 heterocycles. The second-order valence-electron chi connectivity index (χ2n) is 4.73. The molecule has 0 aliphatic heterocycles. The topological polar surface area (TPSA) is 58.2 Å². The second-order valence-corrected chi connectivity index (χ2v) is 5.77. The summed E-state index contributed by atoms with van der Waals surface area (Å²) in [5.74, 6) is -0.143. The summed E-state index contributed by atoms with van der Waals surface area (Å²) in [6.07, 6.45) is 1.55. The summed E-state index contributed by atoms with van der Waals surface area (Å²) in [5.41, 5.74) is 2.28. The number of benzene rings is 2. The van der Waals surface area contributed by atoms with Crippen molar-refractivity contribution >= 4 is 23.7 Å². The van der Waals surface area contributed by atoms with Crippen LogP contribution in [-0.4, -0.2) is 24.2 Å². The smallest absolute Gasteiger partial charge is 0.321 e. The summed E-state index contributed by atoms with van der Waals surface area (Å²) in [6, 6.07) is 17.6. The van der Waals surface area contributed by atoms with Crippen LogP contribution in [-0.2, 0) is 4.79 Å². The van der Waals surface area contributed by atoms with Crippen molar-refractivity contribution in [1.29, 1.82) is 0 Å². The van der Waals surface area contributed by atoms with E-state index >= 15 is 0 Å². The third-order valence-electron chi connectivity index (χ3n) is 2.99. The lowest BCUT2D eigenvalue weighted by atomic mass is 10.1. The number of hydrogen-bond acceptors (Lipinski definition) is 3. The number of imide groups is 1. The van der Waals surface area contributed by atoms with E-state index in [9.17, 15) is 9.59 Å². The predicted octanol–water partition coefficient (Wildman–Crippen LogP) is 3.46. The average Bonchev–Trinajstić information content (AvgIpc) is 2.59. The predicted molar refractivity (Wildman–Crippen MR) is 94.3 cm³/mol. The Morgan fingerprint density at radius 1 is 1.00 bits per heavy atom. The summed E-state index contributed by atoms with van der Waals surface area (Å²) < 4.78 is 0. The van der Waals surface area contributed by atoms with E-state index in [-0.39, 0.29) is 11.7 Å².